The first kappa shape index (κ1) is 23.3. The Kier molecular flexibility index (Phi) is 10.1. The number of halogens is 1. The van der Waals surface area contributed by atoms with Gasteiger partial charge < -0.3 is 14.4 Å². The number of rotatable bonds is 12. The molecule has 0 aromatic heterocycles. The summed E-state index contributed by atoms with van der Waals surface area (Å²) in [6, 6.07) is 10.1. The second-order valence-electron chi connectivity index (χ2n) is 7.69. The molecule has 0 unspecified atom stereocenters. The fourth-order valence-electron chi connectivity index (χ4n) is 3.82. The van der Waals surface area contributed by atoms with Crippen LogP contribution in [0, 0.1) is 5.41 Å². The monoisotopic (exact) mass is 409 g/mol. The first-order valence-corrected chi connectivity index (χ1v) is 10.4. The van der Waals surface area contributed by atoms with Crippen LogP contribution in [-0.4, -0.2) is 49.7 Å². The minimum Gasteiger partial charge on any atom is -0.466 e. The van der Waals surface area contributed by atoms with E-state index >= 15 is 0 Å². The summed E-state index contributed by atoms with van der Waals surface area (Å²) in [5, 5.41) is 0. The van der Waals surface area contributed by atoms with Crippen LogP contribution < -0.4 is 0 Å². The van der Waals surface area contributed by atoms with Crippen LogP contribution in [0.3, 0.4) is 0 Å². The normalized spacial score (nSPS) is 16.3. The van der Waals surface area contributed by atoms with Gasteiger partial charge in [-0.2, -0.15) is 0 Å². The van der Waals surface area contributed by atoms with Crippen molar-refractivity contribution >= 4 is 11.9 Å². The molecule has 1 aliphatic heterocycles. The van der Waals surface area contributed by atoms with Crippen molar-refractivity contribution in [2.24, 2.45) is 5.41 Å². The zero-order chi connectivity index (χ0) is 21.0. The van der Waals surface area contributed by atoms with Crippen LogP contribution >= 0.6 is 0 Å². The maximum atomic E-state index is 12.3. The van der Waals surface area contributed by atoms with Crippen LogP contribution in [0.25, 0.3) is 0 Å². The van der Waals surface area contributed by atoms with E-state index in [0.717, 1.165) is 39.1 Å². The zero-order valence-corrected chi connectivity index (χ0v) is 17.2. The smallest absolute Gasteiger partial charge is 0.349 e. The SMILES string of the molecule is CCOC(=O)CC1(CC(=O)OF)CCN(CCCCOCc2ccccc2)CC1. The van der Waals surface area contributed by atoms with Gasteiger partial charge in [-0.25, -0.2) is 4.79 Å². The fraction of sp³-hybridized carbons (Fsp3) is 0.636. The van der Waals surface area contributed by atoms with Crippen molar-refractivity contribution in [2.45, 2.75) is 52.1 Å². The summed E-state index contributed by atoms with van der Waals surface area (Å²) in [5.41, 5.74) is 0.596. The molecule has 0 aliphatic carbocycles. The van der Waals surface area contributed by atoms with Gasteiger partial charge in [0.2, 0.25) is 0 Å². The van der Waals surface area contributed by atoms with E-state index in [1.807, 2.05) is 18.2 Å². The lowest BCUT2D eigenvalue weighted by atomic mass is 9.73. The van der Waals surface area contributed by atoms with Gasteiger partial charge in [0.1, 0.15) is 0 Å². The molecule has 1 fully saturated rings. The maximum absolute atomic E-state index is 12.3. The lowest BCUT2D eigenvalue weighted by Crippen LogP contribution is -2.43. The molecule has 0 radical (unpaired) electrons. The molecule has 2 rings (SSSR count). The maximum Gasteiger partial charge on any atom is 0.349 e. The van der Waals surface area contributed by atoms with Crippen LogP contribution in [0.15, 0.2) is 30.3 Å². The molecule has 1 aliphatic rings. The van der Waals surface area contributed by atoms with Crippen molar-refractivity contribution < 1.29 is 28.5 Å². The first-order chi connectivity index (χ1) is 14.1. The zero-order valence-electron chi connectivity index (χ0n) is 17.2. The second kappa shape index (κ2) is 12.5. The molecule has 0 amide bonds. The van der Waals surface area contributed by atoms with Gasteiger partial charge in [-0.05, 0) is 63.2 Å². The van der Waals surface area contributed by atoms with E-state index in [9.17, 15) is 14.1 Å². The molecule has 29 heavy (non-hydrogen) atoms. The Bertz CT molecular complexity index is 617. The molecule has 1 saturated heterocycles. The molecule has 162 valence electrons. The number of hydrogen-bond acceptors (Lipinski definition) is 6. The number of carbonyl (C=O) groups excluding carboxylic acids is 2. The van der Waals surface area contributed by atoms with Gasteiger partial charge in [0, 0.05) is 11.1 Å². The minimum atomic E-state index is -0.918. The minimum absolute atomic E-state index is 0.0938. The van der Waals surface area contributed by atoms with E-state index in [-0.39, 0.29) is 18.8 Å². The number of esters is 1. The predicted octanol–water partition coefficient (Wildman–Crippen LogP) is 3.84. The van der Waals surface area contributed by atoms with E-state index in [1.165, 1.54) is 5.56 Å². The van der Waals surface area contributed by atoms with Gasteiger partial charge in [-0.15, -0.1) is 0 Å². The fourth-order valence-corrected chi connectivity index (χ4v) is 3.82. The molecule has 1 aromatic carbocycles. The number of nitrogens with zero attached hydrogens (tertiary/aromatic N) is 1. The number of ether oxygens (including phenoxy) is 2. The third kappa shape index (κ3) is 8.50. The molecular formula is C22H32FNO5. The van der Waals surface area contributed by atoms with E-state index in [4.69, 9.17) is 9.47 Å². The van der Waals surface area contributed by atoms with Crippen LogP contribution in [0.2, 0.25) is 0 Å². The highest BCUT2D eigenvalue weighted by Gasteiger charge is 2.39. The average molecular weight is 409 g/mol. The standard InChI is InChI=1S/C22H32FNO5/c1-2-28-20(25)16-22(17-21(26)29-23)10-13-24(14-11-22)12-6-7-15-27-18-19-8-4-3-5-9-19/h3-5,8-9H,2,6-7,10-18H2,1H3. The van der Waals surface area contributed by atoms with Crippen LogP contribution in [0.5, 0.6) is 0 Å². The quantitative estimate of drug-likeness (QED) is 0.386. The number of piperidine rings is 1. The topological polar surface area (TPSA) is 65.1 Å². The summed E-state index contributed by atoms with van der Waals surface area (Å²) < 4.78 is 23.0. The van der Waals surface area contributed by atoms with E-state index in [0.29, 0.717) is 26.1 Å². The molecule has 6 nitrogen and oxygen atoms in total. The summed E-state index contributed by atoms with van der Waals surface area (Å²) >= 11 is 0. The number of likely N-dealkylation sites (tertiary alicyclic amines) is 1. The lowest BCUT2D eigenvalue weighted by Gasteiger charge is -2.40. The largest absolute Gasteiger partial charge is 0.466 e. The summed E-state index contributed by atoms with van der Waals surface area (Å²) in [4.78, 5) is 29.1. The van der Waals surface area contributed by atoms with Crippen molar-refractivity contribution in [1.29, 1.82) is 0 Å². The van der Waals surface area contributed by atoms with Crippen molar-refractivity contribution in [3.8, 4) is 0 Å². The van der Waals surface area contributed by atoms with Gasteiger partial charge in [0.05, 0.1) is 26.1 Å². The third-order valence-electron chi connectivity index (χ3n) is 5.47. The number of benzene rings is 1. The summed E-state index contributed by atoms with van der Waals surface area (Å²) in [6.45, 7) is 5.86. The molecule has 1 heterocycles. The molecule has 0 atom stereocenters. The van der Waals surface area contributed by atoms with Crippen LogP contribution in [0.1, 0.15) is 51.0 Å². The summed E-state index contributed by atoms with van der Waals surface area (Å²) in [5.74, 6) is -1.26. The van der Waals surface area contributed by atoms with Gasteiger partial charge >= 0.3 is 11.9 Å². The molecule has 1 aromatic rings. The number of carbonyl (C=O) groups is 2. The van der Waals surface area contributed by atoms with Crippen LogP contribution in [-0.2, 0) is 30.6 Å². The predicted molar refractivity (Wildman–Crippen MR) is 107 cm³/mol. The Balaban J connectivity index is 1.68. The lowest BCUT2D eigenvalue weighted by molar-refractivity contribution is -0.187. The van der Waals surface area contributed by atoms with Gasteiger partial charge in [0.15, 0.2) is 0 Å². The van der Waals surface area contributed by atoms with Crippen molar-refractivity contribution in [1.82, 2.24) is 4.90 Å². The molecule has 7 heteroatoms. The van der Waals surface area contributed by atoms with E-state index in [1.54, 1.807) is 6.92 Å². The molecular weight excluding hydrogens is 377 g/mol. The Hall–Kier alpha value is -1.99. The Morgan fingerprint density at radius 3 is 2.41 bits per heavy atom. The van der Waals surface area contributed by atoms with E-state index < -0.39 is 11.4 Å². The van der Waals surface area contributed by atoms with Gasteiger partial charge in [0.25, 0.3) is 0 Å². The van der Waals surface area contributed by atoms with Crippen molar-refractivity contribution in [3.63, 3.8) is 0 Å². The number of unbranched alkanes of at least 4 members (excludes halogenated alkanes) is 1. The Morgan fingerprint density at radius 2 is 1.76 bits per heavy atom. The molecule has 0 saturated carbocycles. The van der Waals surface area contributed by atoms with E-state index in [2.05, 4.69) is 22.0 Å². The highest BCUT2D eigenvalue weighted by atomic mass is 19.3. The highest BCUT2D eigenvalue weighted by Crippen LogP contribution is 2.39. The van der Waals surface area contributed by atoms with Crippen molar-refractivity contribution in [2.75, 3.05) is 32.8 Å². The average Bonchev–Trinajstić information content (AvgIpc) is 2.72. The van der Waals surface area contributed by atoms with Crippen LogP contribution in [0.4, 0.5) is 4.53 Å². The molecule has 0 bridgehead atoms. The highest BCUT2D eigenvalue weighted by molar-refractivity contribution is 5.74. The van der Waals surface area contributed by atoms with Gasteiger partial charge in [-0.1, -0.05) is 30.3 Å². The summed E-state index contributed by atoms with van der Waals surface area (Å²) in [7, 11) is 0. The van der Waals surface area contributed by atoms with Gasteiger partial charge in [-0.3, -0.25) is 9.74 Å². The third-order valence-corrected chi connectivity index (χ3v) is 5.47. The summed E-state index contributed by atoms with van der Waals surface area (Å²) in [6.07, 6.45) is 3.31. The first-order valence-electron chi connectivity index (χ1n) is 10.4. The Morgan fingerprint density at radius 1 is 1.07 bits per heavy atom. The number of hydrogen-bond donors (Lipinski definition) is 0. The second-order valence-corrected chi connectivity index (χ2v) is 7.69. The Labute approximate surface area is 172 Å². The molecule has 0 N–H and O–H groups in total. The molecule has 0 spiro atoms. The van der Waals surface area contributed by atoms with Crippen molar-refractivity contribution in [3.05, 3.63) is 35.9 Å².